The number of urea groups is 1. The highest BCUT2D eigenvalue weighted by atomic mass is 16.6. The number of likely N-dealkylation sites (tertiary alicyclic amines) is 1. The summed E-state index contributed by atoms with van der Waals surface area (Å²) in [4.78, 5) is 25.5. The molecule has 0 radical (unpaired) electrons. The van der Waals surface area contributed by atoms with Crippen molar-refractivity contribution in [3.8, 4) is 0 Å². The predicted molar refractivity (Wildman–Crippen MR) is 97.5 cm³/mol. The molecule has 1 saturated heterocycles. The van der Waals surface area contributed by atoms with Crippen molar-refractivity contribution in [2.24, 2.45) is 0 Å². The lowest BCUT2D eigenvalue weighted by Gasteiger charge is -2.31. The number of hydrogen-bond donors (Lipinski definition) is 2. The van der Waals surface area contributed by atoms with Crippen molar-refractivity contribution < 1.29 is 14.3 Å². The van der Waals surface area contributed by atoms with E-state index in [9.17, 15) is 9.59 Å². The first-order valence-electron chi connectivity index (χ1n) is 9.11. The number of hydrogen-bond acceptors (Lipinski definition) is 3. The molecular weight excluding hydrogens is 318 g/mol. The molecule has 1 aliphatic rings. The Balaban J connectivity index is 1.64. The molecule has 138 valence electrons. The van der Waals surface area contributed by atoms with E-state index in [1.54, 1.807) is 11.8 Å². The molecule has 2 rings (SSSR count). The van der Waals surface area contributed by atoms with Gasteiger partial charge in [-0.3, -0.25) is 0 Å². The number of ether oxygens (including phenoxy) is 1. The standard InChI is InChI=1S/C19H29N3O3/c1-3-25-19(24)22-13-11-17(12-14-22)21-18(23)20-15(2)9-10-16-7-5-4-6-8-16/h4-8,15,17H,3,9-14H2,1-2H3,(H2,20,21,23). The molecule has 0 spiro atoms. The zero-order chi connectivity index (χ0) is 18.1. The monoisotopic (exact) mass is 347 g/mol. The lowest BCUT2D eigenvalue weighted by molar-refractivity contribution is 0.0957. The smallest absolute Gasteiger partial charge is 0.409 e. The van der Waals surface area contributed by atoms with E-state index < -0.39 is 0 Å². The molecule has 0 bridgehead atoms. The van der Waals surface area contributed by atoms with Crippen molar-refractivity contribution in [1.29, 1.82) is 0 Å². The molecular formula is C19H29N3O3. The van der Waals surface area contributed by atoms with Gasteiger partial charge in [0.2, 0.25) is 0 Å². The minimum Gasteiger partial charge on any atom is -0.450 e. The highest BCUT2D eigenvalue weighted by Crippen LogP contribution is 2.11. The summed E-state index contributed by atoms with van der Waals surface area (Å²) < 4.78 is 5.00. The summed E-state index contributed by atoms with van der Waals surface area (Å²) in [6, 6.07) is 10.4. The van der Waals surface area contributed by atoms with Gasteiger partial charge >= 0.3 is 12.1 Å². The van der Waals surface area contributed by atoms with E-state index in [1.807, 2.05) is 25.1 Å². The number of piperidine rings is 1. The summed E-state index contributed by atoms with van der Waals surface area (Å²) in [6.45, 7) is 5.45. The Bertz CT molecular complexity index is 542. The van der Waals surface area contributed by atoms with E-state index in [-0.39, 0.29) is 24.2 Å². The number of carbonyl (C=O) groups is 2. The second-order valence-corrected chi connectivity index (χ2v) is 6.50. The van der Waals surface area contributed by atoms with E-state index >= 15 is 0 Å². The van der Waals surface area contributed by atoms with Gasteiger partial charge in [0, 0.05) is 25.2 Å². The largest absolute Gasteiger partial charge is 0.450 e. The van der Waals surface area contributed by atoms with Gasteiger partial charge in [0.1, 0.15) is 0 Å². The molecule has 0 aromatic heterocycles. The highest BCUT2D eigenvalue weighted by molar-refractivity contribution is 5.74. The van der Waals surface area contributed by atoms with Crippen LogP contribution in [-0.2, 0) is 11.2 Å². The normalized spacial score (nSPS) is 16.2. The minimum absolute atomic E-state index is 0.104. The first-order valence-corrected chi connectivity index (χ1v) is 9.11. The summed E-state index contributed by atoms with van der Waals surface area (Å²) >= 11 is 0. The lowest BCUT2D eigenvalue weighted by Crippen LogP contribution is -2.50. The Hall–Kier alpha value is -2.24. The Kier molecular flexibility index (Phi) is 7.57. The zero-order valence-corrected chi connectivity index (χ0v) is 15.2. The third-order valence-electron chi connectivity index (χ3n) is 4.44. The van der Waals surface area contributed by atoms with Crippen LogP contribution in [0.15, 0.2) is 30.3 Å². The fourth-order valence-electron chi connectivity index (χ4n) is 2.97. The van der Waals surface area contributed by atoms with E-state index in [1.165, 1.54) is 5.56 Å². The quantitative estimate of drug-likeness (QED) is 0.831. The van der Waals surface area contributed by atoms with Crippen molar-refractivity contribution in [3.63, 3.8) is 0 Å². The molecule has 0 saturated carbocycles. The summed E-state index contributed by atoms with van der Waals surface area (Å²) in [6.07, 6.45) is 3.09. The molecule has 6 heteroatoms. The number of nitrogens with one attached hydrogen (secondary N) is 2. The van der Waals surface area contributed by atoms with Crippen molar-refractivity contribution in [3.05, 3.63) is 35.9 Å². The Labute approximate surface area is 149 Å². The molecule has 25 heavy (non-hydrogen) atoms. The van der Waals surface area contributed by atoms with Crippen LogP contribution in [-0.4, -0.2) is 48.8 Å². The van der Waals surface area contributed by atoms with Gasteiger partial charge < -0.3 is 20.3 Å². The maximum atomic E-state index is 12.1. The molecule has 6 nitrogen and oxygen atoms in total. The van der Waals surface area contributed by atoms with Crippen LogP contribution in [0, 0.1) is 0 Å². The fourth-order valence-corrected chi connectivity index (χ4v) is 2.97. The van der Waals surface area contributed by atoms with Crippen molar-refractivity contribution >= 4 is 12.1 Å². The molecule has 1 fully saturated rings. The van der Waals surface area contributed by atoms with Crippen molar-refractivity contribution in [1.82, 2.24) is 15.5 Å². The molecule has 1 aliphatic heterocycles. The first-order chi connectivity index (χ1) is 12.1. The molecule has 1 aromatic rings. The maximum absolute atomic E-state index is 12.1. The van der Waals surface area contributed by atoms with Crippen molar-refractivity contribution in [2.75, 3.05) is 19.7 Å². The van der Waals surface area contributed by atoms with Gasteiger partial charge in [0.05, 0.1) is 6.61 Å². The van der Waals surface area contributed by atoms with Crippen LogP contribution in [0.2, 0.25) is 0 Å². The van der Waals surface area contributed by atoms with Crippen LogP contribution in [0.5, 0.6) is 0 Å². The van der Waals surface area contributed by atoms with Gasteiger partial charge in [-0.1, -0.05) is 30.3 Å². The summed E-state index contributed by atoms with van der Waals surface area (Å²) in [7, 11) is 0. The van der Waals surface area contributed by atoms with Gasteiger partial charge in [0.15, 0.2) is 0 Å². The van der Waals surface area contributed by atoms with E-state index in [4.69, 9.17) is 4.74 Å². The first kappa shape index (κ1) is 19.1. The number of nitrogens with zero attached hydrogens (tertiary/aromatic N) is 1. The van der Waals surface area contributed by atoms with Crippen LogP contribution in [0.25, 0.3) is 0 Å². The average Bonchev–Trinajstić information content (AvgIpc) is 2.61. The number of rotatable bonds is 6. The van der Waals surface area contributed by atoms with Crippen molar-refractivity contribution in [2.45, 2.75) is 51.6 Å². The number of aryl methyl sites for hydroxylation is 1. The fraction of sp³-hybridized carbons (Fsp3) is 0.579. The van der Waals surface area contributed by atoms with Crippen LogP contribution in [0.1, 0.15) is 38.7 Å². The Morgan fingerprint density at radius 1 is 1.24 bits per heavy atom. The van der Waals surface area contributed by atoms with Gasteiger partial charge in [-0.15, -0.1) is 0 Å². The van der Waals surface area contributed by atoms with Crippen LogP contribution < -0.4 is 10.6 Å². The Morgan fingerprint density at radius 3 is 2.56 bits per heavy atom. The van der Waals surface area contributed by atoms with Crippen LogP contribution in [0.4, 0.5) is 9.59 Å². The van der Waals surface area contributed by atoms with E-state index in [0.29, 0.717) is 19.7 Å². The molecule has 3 amide bonds. The SMILES string of the molecule is CCOC(=O)N1CCC(NC(=O)NC(C)CCc2ccccc2)CC1. The van der Waals surface area contributed by atoms with Gasteiger partial charge in [-0.25, -0.2) is 9.59 Å². The minimum atomic E-state index is -0.264. The highest BCUT2D eigenvalue weighted by Gasteiger charge is 2.24. The summed E-state index contributed by atoms with van der Waals surface area (Å²) in [5, 5.41) is 6.01. The van der Waals surface area contributed by atoms with Gasteiger partial charge in [-0.2, -0.15) is 0 Å². The summed E-state index contributed by atoms with van der Waals surface area (Å²) in [5.41, 5.74) is 1.28. The van der Waals surface area contributed by atoms with Gasteiger partial charge in [-0.05, 0) is 45.1 Å². The third-order valence-corrected chi connectivity index (χ3v) is 4.44. The molecule has 1 unspecified atom stereocenters. The van der Waals surface area contributed by atoms with E-state index in [2.05, 4.69) is 22.8 Å². The van der Waals surface area contributed by atoms with Gasteiger partial charge in [0.25, 0.3) is 0 Å². The third kappa shape index (κ3) is 6.64. The number of amides is 3. The van der Waals surface area contributed by atoms with Crippen LogP contribution in [0.3, 0.4) is 0 Å². The maximum Gasteiger partial charge on any atom is 0.409 e. The number of carbonyl (C=O) groups excluding carboxylic acids is 2. The molecule has 1 aromatic carbocycles. The molecule has 0 aliphatic carbocycles. The number of benzene rings is 1. The second kappa shape index (κ2) is 9.91. The van der Waals surface area contributed by atoms with E-state index in [0.717, 1.165) is 25.7 Å². The predicted octanol–water partition coefficient (Wildman–Crippen LogP) is 2.93. The van der Waals surface area contributed by atoms with Crippen LogP contribution >= 0.6 is 0 Å². The Morgan fingerprint density at radius 2 is 1.92 bits per heavy atom. The topological polar surface area (TPSA) is 70.7 Å². The lowest BCUT2D eigenvalue weighted by atomic mass is 10.1. The second-order valence-electron chi connectivity index (χ2n) is 6.50. The molecule has 1 heterocycles. The molecule has 2 N–H and O–H groups in total. The average molecular weight is 347 g/mol. The zero-order valence-electron chi connectivity index (χ0n) is 15.2. The summed E-state index contributed by atoms with van der Waals surface area (Å²) in [5.74, 6) is 0. The molecule has 1 atom stereocenters.